The molecule has 0 aromatic heterocycles. The van der Waals surface area contributed by atoms with Crippen LogP contribution in [0.25, 0.3) is 0 Å². The molecule has 1 N–H and O–H groups in total. The van der Waals surface area contributed by atoms with Crippen molar-refractivity contribution in [1.29, 1.82) is 5.26 Å². The maximum atomic E-state index is 12.1. The minimum absolute atomic E-state index is 0.0201. The molecule has 0 saturated carbocycles. The molecule has 0 unspecified atom stereocenters. The third-order valence-corrected chi connectivity index (χ3v) is 5.14. The van der Waals surface area contributed by atoms with Crippen LogP contribution in [0.5, 0.6) is 0 Å². The molecular formula is C19H26N4O. The third-order valence-electron chi connectivity index (χ3n) is 5.14. The molecular weight excluding hydrogens is 300 g/mol. The summed E-state index contributed by atoms with van der Waals surface area (Å²) in [6.07, 6.45) is 5.67. The van der Waals surface area contributed by atoms with Gasteiger partial charge in [0.05, 0.1) is 11.6 Å². The second kappa shape index (κ2) is 8.27. The van der Waals surface area contributed by atoms with Gasteiger partial charge in [-0.2, -0.15) is 5.26 Å². The first-order valence-corrected chi connectivity index (χ1v) is 9.01. The predicted molar refractivity (Wildman–Crippen MR) is 94.7 cm³/mol. The van der Waals surface area contributed by atoms with E-state index < -0.39 is 0 Å². The zero-order chi connectivity index (χ0) is 16.8. The fraction of sp³-hybridized carbons (Fsp3) is 0.579. The van der Waals surface area contributed by atoms with E-state index in [-0.39, 0.29) is 5.91 Å². The summed E-state index contributed by atoms with van der Waals surface area (Å²) in [6, 6.07) is 9.90. The normalized spacial score (nSPS) is 20.0. The van der Waals surface area contributed by atoms with E-state index in [0.717, 1.165) is 25.7 Å². The zero-order valence-electron chi connectivity index (χ0n) is 14.2. The largest absolute Gasteiger partial charge is 0.326 e. The van der Waals surface area contributed by atoms with Gasteiger partial charge in [-0.1, -0.05) is 6.07 Å². The predicted octanol–water partition coefficient (Wildman–Crippen LogP) is 2.45. The maximum Gasteiger partial charge on any atom is 0.225 e. The molecule has 1 aromatic rings. The van der Waals surface area contributed by atoms with Crippen molar-refractivity contribution in [3.8, 4) is 6.07 Å². The Hall–Kier alpha value is -1.90. The highest BCUT2D eigenvalue weighted by atomic mass is 16.1. The Morgan fingerprint density at radius 3 is 2.67 bits per heavy atom. The average Bonchev–Trinajstić information content (AvgIpc) is 3.15. The monoisotopic (exact) mass is 326 g/mol. The van der Waals surface area contributed by atoms with Gasteiger partial charge in [0.25, 0.3) is 0 Å². The molecule has 0 bridgehead atoms. The summed E-state index contributed by atoms with van der Waals surface area (Å²) < 4.78 is 0. The van der Waals surface area contributed by atoms with Crippen molar-refractivity contribution in [2.45, 2.75) is 38.1 Å². The molecule has 1 aromatic carbocycles. The van der Waals surface area contributed by atoms with Crippen LogP contribution in [0.2, 0.25) is 0 Å². The number of rotatable bonds is 5. The number of carbonyl (C=O) groups excluding carboxylic acids is 1. The number of hydrogen-bond acceptors (Lipinski definition) is 4. The van der Waals surface area contributed by atoms with Crippen LogP contribution in [0.15, 0.2) is 24.3 Å². The lowest BCUT2D eigenvalue weighted by molar-refractivity contribution is -0.116. The van der Waals surface area contributed by atoms with Gasteiger partial charge >= 0.3 is 0 Å². The molecule has 5 nitrogen and oxygen atoms in total. The van der Waals surface area contributed by atoms with Gasteiger partial charge in [0.15, 0.2) is 0 Å². The van der Waals surface area contributed by atoms with Crippen LogP contribution in [-0.2, 0) is 4.79 Å². The lowest BCUT2D eigenvalue weighted by atomic mass is 10.0. The molecule has 2 aliphatic heterocycles. The topological polar surface area (TPSA) is 59.4 Å². The minimum atomic E-state index is 0.0201. The second-order valence-corrected chi connectivity index (χ2v) is 6.81. The standard InChI is InChI=1S/C19H26N4O/c20-15-16-4-3-5-17(14-16)21-19(24)8-13-22-11-6-18(7-12-22)23-9-1-2-10-23/h3-5,14,18H,1-2,6-13H2,(H,21,24). The quantitative estimate of drug-likeness (QED) is 0.903. The summed E-state index contributed by atoms with van der Waals surface area (Å²) >= 11 is 0. The number of benzene rings is 1. The van der Waals surface area contributed by atoms with Crippen molar-refractivity contribution < 1.29 is 4.79 Å². The lowest BCUT2D eigenvalue weighted by Crippen LogP contribution is -2.44. The number of hydrogen-bond donors (Lipinski definition) is 1. The summed E-state index contributed by atoms with van der Waals surface area (Å²) in [5.41, 5.74) is 1.27. The van der Waals surface area contributed by atoms with Gasteiger partial charge in [-0.15, -0.1) is 0 Å². The van der Waals surface area contributed by atoms with Crippen LogP contribution >= 0.6 is 0 Å². The summed E-state index contributed by atoms with van der Waals surface area (Å²) in [6.45, 7) is 5.55. The SMILES string of the molecule is N#Cc1cccc(NC(=O)CCN2CCC(N3CCCC3)CC2)c1. The Morgan fingerprint density at radius 1 is 1.21 bits per heavy atom. The van der Waals surface area contributed by atoms with Crippen LogP contribution in [0, 0.1) is 11.3 Å². The zero-order valence-corrected chi connectivity index (χ0v) is 14.2. The highest BCUT2D eigenvalue weighted by Crippen LogP contribution is 2.21. The minimum Gasteiger partial charge on any atom is -0.326 e. The van der Waals surface area contributed by atoms with E-state index in [9.17, 15) is 4.79 Å². The van der Waals surface area contributed by atoms with Crippen LogP contribution in [0.4, 0.5) is 5.69 Å². The van der Waals surface area contributed by atoms with E-state index in [1.807, 2.05) is 6.07 Å². The number of likely N-dealkylation sites (tertiary alicyclic amines) is 2. The molecule has 2 fully saturated rings. The molecule has 2 aliphatic rings. The van der Waals surface area contributed by atoms with Gasteiger partial charge in [-0.3, -0.25) is 4.79 Å². The van der Waals surface area contributed by atoms with Crippen LogP contribution < -0.4 is 5.32 Å². The number of amides is 1. The van der Waals surface area contributed by atoms with Crippen molar-refractivity contribution in [2.24, 2.45) is 0 Å². The number of anilines is 1. The number of piperidine rings is 1. The van der Waals surface area contributed by atoms with Crippen molar-refractivity contribution in [3.63, 3.8) is 0 Å². The number of nitrogens with zero attached hydrogens (tertiary/aromatic N) is 3. The van der Waals surface area contributed by atoms with Crippen molar-refractivity contribution in [2.75, 3.05) is 38.0 Å². The van der Waals surface area contributed by atoms with E-state index in [1.165, 1.54) is 38.8 Å². The lowest BCUT2D eigenvalue weighted by Gasteiger charge is -2.36. The summed E-state index contributed by atoms with van der Waals surface area (Å²) in [7, 11) is 0. The Kier molecular flexibility index (Phi) is 5.84. The summed E-state index contributed by atoms with van der Waals surface area (Å²) in [5, 5.41) is 11.8. The van der Waals surface area contributed by atoms with Crippen LogP contribution in [0.1, 0.15) is 37.7 Å². The fourth-order valence-corrected chi connectivity index (χ4v) is 3.76. The van der Waals surface area contributed by atoms with E-state index in [4.69, 9.17) is 5.26 Å². The Balaban J connectivity index is 1.38. The molecule has 0 aliphatic carbocycles. The van der Waals surface area contributed by atoms with E-state index >= 15 is 0 Å². The van der Waals surface area contributed by atoms with E-state index in [2.05, 4.69) is 21.2 Å². The Labute approximate surface area is 144 Å². The third kappa shape index (κ3) is 4.56. The fourth-order valence-electron chi connectivity index (χ4n) is 3.76. The number of carbonyl (C=O) groups is 1. The molecule has 128 valence electrons. The Bertz CT molecular complexity index is 596. The van der Waals surface area contributed by atoms with Crippen molar-refractivity contribution in [3.05, 3.63) is 29.8 Å². The average molecular weight is 326 g/mol. The van der Waals surface area contributed by atoms with Gasteiger partial charge in [-0.05, 0) is 70.1 Å². The first-order valence-electron chi connectivity index (χ1n) is 9.01. The smallest absolute Gasteiger partial charge is 0.225 e. The molecule has 3 rings (SSSR count). The van der Waals surface area contributed by atoms with Crippen molar-refractivity contribution in [1.82, 2.24) is 9.80 Å². The Morgan fingerprint density at radius 2 is 1.96 bits per heavy atom. The molecule has 0 atom stereocenters. The number of nitriles is 1. The number of nitrogens with one attached hydrogen (secondary N) is 1. The molecule has 0 spiro atoms. The molecule has 0 radical (unpaired) electrons. The van der Waals surface area contributed by atoms with Gasteiger partial charge in [0.1, 0.15) is 0 Å². The summed E-state index contributed by atoms with van der Waals surface area (Å²) in [4.78, 5) is 17.1. The first-order chi connectivity index (χ1) is 11.7. The molecule has 1 amide bonds. The van der Waals surface area contributed by atoms with Crippen LogP contribution in [0.3, 0.4) is 0 Å². The maximum absolute atomic E-state index is 12.1. The highest BCUT2D eigenvalue weighted by molar-refractivity contribution is 5.90. The van der Waals surface area contributed by atoms with Crippen LogP contribution in [-0.4, -0.2) is 54.5 Å². The summed E-state index contributed by atoms with van der Waals surface area (Å²) in [5.74, 6) is 0.0201. The second-order valence-electron chi connectivity index (χ2n) is 6.81. The van der Waals surface area contributed by atoms with Gasteiger partial charge in [-0.25, -0.2) is 0 Å². The molecule has 2 saturated heterocycles. The van der Waals surface area contributed by atoms with Gasteiger partial charge in [0.2, 0.25) is 5.91 Å². The van der Waals surface area contributed by atoms with Gasteiger partial charge in [0, 0.05) is 24.7 Å². The van der Waals surface area contributed by atoms with Gasteiger partial charge < -0.3 is 15.1 Å². The van der Waals surface area contributed by atoms with E-state index in [0.29, 0.717) is 17.7 Å². The van der Waals surface area contributed by atoms with E-state index in [1.54, 1.807) is 18.2 Å². The van der Waals surface area contributed by atoms with Crippen molar-refractivity contribution >= 4 is 11.6 Å². The molecule has 24 heavy (non-hydrogen) atoms. The first kappa shape index (κ1) is 16.9. The molecule has 2 heterocycles. The highest BCUT2D eigenvalue weighted by Gasteiger charge is 2.26. The molecule has 5 heteroatoms.